The molecular weight excluding hydrogens is 257 g/mol. The van der Waals surface area contributed by atoms with Crippen molar-refractivity contribution in [3.8, 4) is 0 Å². The summed E-state index contributed by atoms with van der Waals surface area (Å²) in [7, 11) is 0. The molecule has 3 rings (SSSR count). The molecule has 20 heavy (non-hydrogen) atoms. The van der Waals surface area contributed by atoms with Crippen LogP contribution in [0.15, 0.2) is 36.7 Å². The zero-order chi connectivity index (χ0) is 13.9. The first-order valence-corrected chi connectivity index (χ1v) is 6.78. The second kappa shape index (κ2) is 5.45. The van der Waals surface area contributed by atoms with E-state index >= 15 is 0 Å². The molecule has 1 aliphatic heterocycles. The highest BCUT2D eigenvalue weighted by Gasteiger charge is 2.29. The zero-order valence-corrected chi connectivity index (χ0v) is 11.1. The largest absolute Gasteiger partial charge is 0.335 e. The number of aromatic amines is 1. The van der Waals surface area contributed by atoms with Gasteiger partial charge in [-0.25, -0.2) is 4.39 Å². The summed E-state index contributed by atoms with van der Waals surface area (Å²) in [4.78, 5) is 14.2. The van der Waals surface area contributed by atoms with Crippen LogP contribution in [0.2, 0.25) is 0 Å². The summed E-state index contributed by atoms with van der Waals surface area (Å²) in [5.41, 5.74) is 1.51. The maximum absolute atomic E-state index is 13.2. The van der Waals surface area contributed by atoms with Gasteiger partial charge in [-0.2, -0.15) is 5.10 Å². The third kappa shape index (κ3) is 2.57. The Kier molecular flexibility index (Phi) is 3.50. The van der Waals surface area contributed by atoms with Crippen molar-refractivity contribution in [3.63, 3.8) is 0 Å². The number of carbonyl (C=O) groups is 1. The molecule has 1 fully saturated rings. The Balaban J connectivity index is 1.74. The van der Waals surface area contributed by atoms with Gasteiger partial charge in [0, 0.05) is 18.8 Å². The number of carbonyl (C=O) groups excluding carboxylic acids is 1. The Morgan fingerprint density at radius 2 is 2.40 bits per heavy atom. The van der Waals surface area contributed by atoms with E-state index in [2.05, 4.69) is 10.2 Å². The predicted octanol–water partition coefficient (Wildman–Crippen LogP) is 2.40. The van der Waals surface area contributed by atoms with Gasteiger partial charge >= 0.3 is 0 Å². The van der Waals surface area contributed by atoms with Crippen LogP contribution in [0.5, 0.6) is 0 Å². The summed E-state index contributed by atoms with van der Waals surface area (Å²) in [5.74, 6) is -0.231. The van der Waals surface area contributed by atoms with Crippen LogP contribution in [0.3, 0.4) is 0 Å². The highest BCUT2D eigenvalue weighted by Crippen LogP contribution is 2.23. The van der Waals surface area contributed by atoms with E-state index in [4.69, 9.17) is 0 Å². The summed E-state index contributed by atoms with van der Waals surface area (Å²) in [6.07, 6.45) is 5.80. The topological polar surface area (TPSA) is 49.0 Å². The highest BCUT2D eigenvalue weighted by molar-refractivity contribution is 5.94. The smallest absolute Gasteiger partial charge is 0.257 e. The third-order valence-electron chi connectivity index (χ3n) is 3.74. The monoisotopic (exact) mass is 273 g/mol. The fourth-order valence-corrected chi connectivity index (χ4v) is 2.78. The van der Waals surface area contributed by atoms with Gasteiger partial charge in [0.25, 0.3) is 5.91 Å². The fraction of sp³-hybridized carbons (Fsp3) is 0.333. The van der Waals surface area contributed by atoms with Gasteiger partial charge in [0.15, 0.2) is 0 Å². The zero-order valence-electron chi connectivity index (χ0n) is 11.1. The van der Waals surface area contributed by atoms with Crippen molar-refractivity contribution in [1.29, 1.82) is 0 Å². The lowest BCUT2D eigenvalue weighted by molar-refractivity contribution is 0.0736. The highest BCUT2D eigenvalue weighted by atomic mass is 19.1. The van der Waals surface area contributed by atoms with Gasteiger partial charge in [-0.1, -0.05) is 12.1 Å². The van der Waals surface area contributed by atoms with E-state index in [1.54, 1.807) is 24.5 Å². The molecule has 0 aliphatic carbocycles. The van der Waals surface area contributed by atoms with Crippen molar-refractivity contribution < 1.29 is 9.18 Å². The molecular formula is C15H16FN3O. The Morgan fingerprint density at radius 1 is 1.50 bits per heavy atom. The summed E-state index contributed by atoms with van der Waals surface area (Å²) >= 11 is 0. The number of hydrogen-bond acceptors (Lipinski definition) is 2. The quantitative estimate of drug-likeness (QED) is 0.933. The normalized spacial score (nSPS) is 18.4. The van der Waals surface area contributed by atoms with Gasteiger partial charge in [-0.05, 0) is 37.0 Å². The number of H-pyrrole nitrogens is 1. The van der Waals surface area contributed by atoms with Crippen molar-refractivity contribution in [2.45, 2.75) is 25.3 Å². The van der Waals surface area contributed by atoms with Crippen LogP contribution >= 0.6 is 0 Å². The molecule has 1 unspecified atom stereocenters. The van der Waals surface area contributed by atoms with Crippen molar-refractivity contribution in [2.24, 2.45) is 0 Å². The third-order valence-corrected chi connectivity index (χ3v) is 3.74. The Bertz CT molecular complexity index is 597. The lowest BCUT2D eigenvalue weighted by Gasteiger charge is -2.24. The van der Waals surface area contributed by atoms with Crippen LogP contribution in [-0.4, -0.2) is 33.6 Å². The molecule has 1 amide bonds. The molecule has 1 aromatic heterocycles. The minimum atomic E-state index is -0.229. The maximum Gasteiger partial charge on any atom is 0.257 e. The second-order valence-electron chi connectivity index (χ2n) is 5.12. The first-order chi connectivity index (χ1) is 9.74. The van der Waals surface area contributed by atoms with E-state index in [0.717, 1.165) is 24.9 Å². The number of aromatic nitrogens is 2. The van der Waals surface area contributed by atoms with Gasteiger partial charge < -0.3 is 4.90 Å². The molecule has 0 saturated carbocycles. The molecule has 2 heterocycles. The molecule has 0 radical (unpaired) electrons. The van der Waals surface area contributed by atoms with Crippen LogP contribution in [0.1, 0.15) is 28.8 Å². The number of nitrogens with zero attached hydrogens (tertiary/aromatic N) is 2. The van der Waals surface area contributed by atoms with E-state index in [9.17, 15) is 9.18 Å². The molecule has 104 valence electrons. The van der Waals surface area contributed by atoms with Crippen molar-refractivity contribution in [2.75, 3.05) is 6.54 Å². The average molecular weight is 273 g/mol. The molecule has 1 saturated heterocycles. The van der Waals surface area contributed by atoms with Crippen LogP contribution in [0.4, 0.5) is 4.39 Å². The molecule has 0 bridgehead atoms. The fourth-order valence-electron chi connectivity index (χ4n) is 2.78. The van der Waals surface area contributed by atoms with Gasteiger partial charge in [0.05, 0.1) is 11.8 Å². The lowest BCUT2D eigenvalue weighted by atomic mass is 10.0. The molecule has 5 heteroatoms. The molecule has 1 aliphatic rings. The summed E-state index contributed by atoms with van der Waals surface area (Å²) < 4.78 is 13.2. The van der Waals surface area contributed by atoms with E-state index < -0.39 is 0 Å². The second-order valence-corrected chi connectivity index (χ2v) is 5.12. The lowest BCUT2D eigenvalue weighted by Crippen LogP contribution is -2.36. The molecule has 1 N–H and O–H groups in total. The minimum absolute atomic E-state index is 0.00217. The predicted molar refractivity (Wildman–Crippen MR) is 72.8 cm³/mol. The van der Waals surface area contributed by atoms with Crippen molar-refractivity contribution in [3.05, 3.63) is 53.6 Å². The van der Waals surface area contributed by atoms with Crippen LogP contribution in [-0.2, 0) is 6.42 Å². The SMILES string of the molecule is O=C(c1cn[nH]c1)N1CCCC1Cc1cccc(F)c1. The molecule has 2 aromatic rings. The van der Waals surface area contributed by atoms with Crippen LogP contribution in [0, 0.1) is 5.82 Å². The molecule has 4 nitrogen and oxygen atoms in total. The van der Waals surface area contributed by atoms with E-state index in [0.29, 0.717) is 12.0 Å². The van der Waals surface area contributed by atoms with Crippen LogP contribution < -0.4 is 0 Å². The standard InChI is InChI=1S/C15H16FN3O/c16-13-4-1-3-11(7-13)8-14-5-2-6-19(14)15(20)12-9-17-18-10-12/h1,3-4,7,9-10,14H,2,5-6,8H2,(H,17,18). The maximum atomic E-state index is 13.2. The summed E-state index contributed by atoms with van der Waals surface area (Å²) in [6, 6.07) is 6.73. The molecule has 1 atom stereocenters. The van der Waals surface area contributed by atoms with E-state index in [-0.39, 0.29) is 17.8 Å². The number of nitrogens with one attached hydrogen (secondary N) is 1. The summed E-state index contributed by atoms with van der Waals surface area (Å²) in [5, 5.41) is 6.47. The van der Waals surface area contributed by atoms with Gasteiger partial charge in [-0.15, -0.1) is 0 Å². The number of halogens is 1. The number of likely N-dealkylation sites (tertiary alicyclic amines) is 1. The number of benzene rings is 1. The number of rotatable bonds is 3. The number of hydrogen-bond donors (Lipinski definition) is 1. The Hall–Kier alpha value is -2.17. The average Bonchev–Trinajstić information content (AvgIpc) is 3.09. The first kappa shape index (κ1) is 12.8. The van der Waals surface area contributed by atoms with Gasteiger partial charge in [-0.3, -0.25) is 9.89 Å². The molecule has 1 aromatic carbocycles. The minimum Gasteiger partial charge on any atom is -0.335 e. The first-order valence-electron chi connectivity index (χ1n) is 6.78. The van der Waals surface area contributed by atoms with Crippen LogP contribution in [0.25, 0.3) is 0 Å². The molecule has 0 spiro atoms. The Morgan fingerprint density at radius 3 is 3.15 bits per heavy atom. The van der Waals surface area contributed by atoms with E-state index in [1.165, 1.54) is 6.07 Å². The number of amides is 1. The van der Waals surface area contributed by atoms with Gasteiger partial charge in [0.2, 0.25) is 0 Å². The summed E-state index contributed by atoms with van der Waals surface area (Å²) in [6.45, 7) is 0.754. The van der Waals surface area contributed by atoms with Crippen molar-refractivity contribution >= 4 is 5.91 Å². The Labute approximate surface area is 116 Å². The van der Waals surface area contributed by atoms with E-state index in [1.807, 2.05) is 11.0 Å². The van der Waals surface area contributed by atoms with Gasteiger partial charge in [0.1, 0.15) is 5.82 Å². The van der Waals surface area contributed by atoms with Crippen molar-refractivity contribution in [1.82, 2.24) is 15.1 Å².